The number of anilines is 1. The minimum Gasteiger partial charge on any atom is -0.316 e. The summed E-state index contributed by atoms with van der Waals surface area (Å²) < 4.78 is 13.6. The van der Waals surface area contributed by atoms with E-state index in [2.05, 4.69) is 5.43 Å². The second-order valence-corrected chi connectivity index (χ2v) is 3.97. The van der Waals surface area contributed by atoms with Gasteiger partial charge in [0.2, 0.25) is 0 Å². The van der Waals surface area contributed by atoms with E-state index in [4.69, 9.17) is 5.26 Å². The third-order valence-electron chi connectivity index (χ3n) is 2.73. The molecule has 16 heavy (non-hydrogen) atoms. The van der Waals surface area contributed by atoms with Crippen molar-refractivity contribution in [1.82, 2.24) is 5.01 Å². The average molecular weight is 219 g/mol. The summed E-state index contributed by atoms with van der Waals surface area (Å²) in [5, 5.41) is 10.6. The molecule has 0 aliphatic carbocycles. The third kappa shape index (κ3) is 2.50. The van der Waals surface area contributed by atoms with Crippen LogP contribution in [-0.4, -0.2) is 18.1 Å². The summed E-state index contributed by atoms with van der Waals surface area (Å²) in [5.41, 5.74) is 3.84. The number of hydrogen-bond donors (Lipinski definition) is 1. The maximum absolute atomic E-state index is 13.6. The van der Waals surface area contributed by atoms with Crippen molar-refractivity contribution in [2.45, 2.75) is 19.3 Å². The molecule has 0 aromatic heterocycles. The highest BCUT2D eigenvalue weighted by Crippen LogP contribution is 2.18. The first kappa shape index (κ1) is 10.9. The summed E-state index contributed by atoms with van der Waals surface area (Å²) in [7, 11) is 0. The number of nitriles is 1. The van der Waals surface area contributed by atoms with Crippen LogP contribution in [0, 0.1) is 17.1 Å². The van der Waals surface area contributed by atoms with E-state index in [-0.39, 0.29) is 5.82 Å². The van der Waals surface area contributed by atoms with Gasteiger partial charge in [0.25, 0.3) is 0 Å². The Bertz CT molecular complexity index is 405. The molecule has 1 fully saturated rings. The van der Waals surface area contributed by atoms with Crippen molar-refractivity contribution in [3.63, 3.8) is 0 Å². The summed E-state index contributed by atoms with van der Waals surface area (Å²) in [5.74, 6) is -0.371. The summed E-state index contributed by atoms with van der Waals surface area (Å²) in [4.78, 5) is 0. The van der Waals surface area contributed by atoms with Gasteiger partial charge < -0.3 is 5.43 Å². The summed E-state index contributed by atoms with van der Waals surface area (Å²) in [6.45, 7) is 1.89. The summed E-state index contributed by atoms with van der Waals surface area (Å²) >= 11 is 0. The van der Waals surface area contributed by atoms with Crippen LogP contribution in [0.5, 0.6) is 0 Å². The van der Waals surface area contributed by atoms with Crippen LogP contribution in [0.4, 0.5) is 10.1 Å². The monoisotopic (exact) mass is 219 g/mol. The fraction of sp³-hybridized carbons (Fsp3) is 0.417. The van der Waals surface area contributed by atoms with Crippen molar-refractivity contribution < 1.29 is 4.39 Å². The molecule has 1 aliphatic heterocycles. The molecule has 0 saturated carbocycles. The molecule has 1 aromatic rings. The molecule has 1 N–H and O–H groups in total. The van der Waals surface area contributed by atoms with Crippen LogP contribution in [0.2, 0.25) is 0 Å². The molecule has 1 aromatic carbocycles. The van der Waals surface area contributed by atoms with Crippen LogP contribution in [-0.2, 0) is 0 Å². The lowest BCUT2D eigenvalue weighted by molar-refractivity contribution is 0.272. The van der Waals surface area contributed by atoms with Gasteiger partial charge in [0.15, 0.2) is 0 Å². The minimum absolute atomic E-state index is 0.349. The predicted octanol–water partition coefficient (Wildman–Crippen LogP) is 2.51. The van der Waals surface area contributed by atoms with E-state index >= 15 is 0 Å². The van der Waals surface area contributed by atoms with Crippen LogP contribution in [0.15, 0.2) is 18.2 Å². The third-order valence-corrected chi connectivity index (χ3v) is 2.73. The SMILES string of the molecule is N#Cc1ccc(NN2CCCCC2)c(F)c1. The predicted molar refractivity (Wildman–Crippen MR) is 60.2 cm³/mol. The van der Waals surface area contributed by atoms with Crippen molar-refractivity contribution in [3.8, 4) is 6.07 Å². The van der Waals surface area contributed by atoms with Crippen LogP contribution < -0.4 is 5.43 Å². The van der Waals surface area contributed by atoms with Gasteiger partial charge in [-0.15, -0.1) is 0 Å². The highest BCUT2D eigenvalue weighted by Gasteiger charge is 2.11. The first-order valence-corrected chi connectivity index (χ1v) is 5.51. The molecule has 84 valence electrons. The van der Waals surface area contributed by atoms with Gasteiger partial charge in [0.1, 0.15) is 5.82 Å². The molecule has 1 aliphatic rings. The van der Waals surface area contributed by atoms with Gasteiger partial charge in [-0.3, -0.25) is 0 Å². The van der Waals surface area contributed by atoms with Gasteiger partial charge in [-0.2, -0.15) is 5.26 Å². The van der Waals surface area contributed by atoms with Gasteiger partial charge in [-0.05, 0) is 31.0 Å². The van der Waals surface area contributed by atoms with E-state index in [0.717, 1.165) is 25.9 Å². The Kier molecular flexibility index (Phi) is 3.37. The van der Waals surface area contributed by atoms with Gasteiger partial charge in [0.05, 0.1) is 17.3 Å². The molecular formula is C12H14FN3. The zero-order chi connectivity index (χ0) is 11.4. The number of rotatable bonds is 2. The maximum atomic E-state index is 13.6. The van der Waals surface area contributed by atoms with Gasteiger partial charge in [0, 0.05) is 13.1 Å². The lowest BCUT2D eigenvalue weighted by Gasteiger charge is -2.28. The number of hydrogen-bond acceptors (Lipinski definition) is 3. The van der Waals surface area contributed by atoms with Gasteiger partial charge >= 0.3 is 0 Å². The fourth-order valence-corrected chi connectivity index (χ4v) is 1.85. The van der Waals surface area contributed by atoms with Crippen LogP contribution in [0.3, 0.4) is 0 Å². The molecule has 0 amide bonds. The van der Waals surface area contributed by atoms with Crippen molar-refractivity contribution in [1.29, 1.82) is 5.26 Å². The Labute approximate surface area is 94.5 Å². The van der Waals surface area contributed by atoms with E-state index in [0.29, 0.717) is 11.3 Å². The Hall–Kier alpha value is -1.60. The molecule has 2 rings (SSSR count). The Morgan fingerprint density at radius 2 is 2.00 bits per heavy atom. The summed E-state index contributed by atoms with van der Waals surface area (Å²) in [6.07, 6.45) is 3.53. The quantitative estimate of drug-likeness (QED) is 0.830. The number of nitrogens with one attached hydrogen (secondary N) is 1. The van der Waals surface area contributed by atoms with Crippen molar-refractivity contribution in [2.75, 3.05) is 18.5 Å². The van der Waals surface area contributed by atoms with Crippen molar-refractivity contribution >= 4 is 5.69 Å². The van der Waals surface area contributed by atoms with Crippen LogP contribution in [0.25, 0.3) is 0 Å². The number of hydrazine groups is 1. The van der Waals surface area contributed by atoms with Gasteiger partial charge in [-0.25, -0.2) is 9.40 Å². The largest absolute Gasteiger partial charge is 0.316 e. The van der Waals surface area contributed by atoms with E-state index in [1.807, 2.05) is 11.1 Å². The molecule has 1 heterocycles. The molecule has 4 heteroatoms. The normalized spacial score (nSPS) is 16.8. The van der Waals surface area contributed by atoms with Crippen molar-refractivity contribution in [2.24, 2.45) is 0 Å². The van der Waals surface area contributed by atoms with Crippen LogP contribution >= 0.6 is 0 Å². The molecule has 1 saturated heterocycles. The smallest absolute Gasteiger partial charge is 0.148 e. The molecule has 0 radical (unpaired) electrons. The van der Waals surface area contributed by atoms with Crippen LogP contribution in [0.1, 0.15) is 24.8 Å². The second-order valence-electron chi connectivity index (χ2n) is 3.97. The second kappa shape index (κ2) is 4.95. The number of halogens is 1. The van der Waals surface area contributed by atoms with E-state index in [1.54, 1.807) is 12.1 Å². The number of nitrogens with zero attached hydrogens (tertiary/aromatic N) is 2. The first-order valence-electron chi connectivity index (χ1n) is 5.51. The molecule has 0 bridgehead atoms. The topological polar surface area (TPSA) is 39.1 Å². The Morgan fingerprint density at radius 3 is 2.62 bits per heavy atom. The maximum Gasteiger partial charge on any atom is 0.148 e. The van der Waals surface area contributed by atoms with Crippen molar-refractivity contribution in [3.05, 3.63) is 29.6 Å². The lowest BCUT2D eigenvalue weighted by Crippen LogP contribution is -2.35. The molecule has 0 unspecified atom stereocenters. The molecule has 0 atom stereocenters. The zero-order valence-electron chi connectivity index (χ0n) is 9.04. The average Bonchev–Trinajstić information content (AvgIpc) is 2.33. The van der Waals surface area contributed by atoms with Gasteiger partial charge in [-0.1, -0.05) is 6.42 Å². The molecule has 0 spiro atoms. The van der Waals surface area contributed by atoms with E-state index in [9.17, 15) is 4.39 Å². The molecular weight excluding hydrogens is 205 g/mol. The standard InChI is InChI=1S/C12H14FN3/c13-11-8-10(9-14)4-5-12(11)15-16-6-2-1-3-7-16/h4-5,8,15H,1-3,6-7H2. The highest BCUT2D eigenvalue weighted by molar-refractivity contribution is 5.48. The zero-order valence-corrected chi connectivity index (χ0v) is 9.04. The van der Waals surface area contributed by atoms with E-state index in [1.165, 1.54) is 12.5 Å². The lowest BCUT2D eigenvalue weighted by atomic mass is 10.1. The highest BCUT2D eigenvalue weighted by atomic mass is 19.1. The van der Waals surface area contributed by atoms with E-state index < -0.39 is 0 Å². The Morgan fingerprint density at radius 1 is 1.25 bits per heavy atom. The minimum atomic E-state index is -0.371. The number of piperidine rings is 1. The number of benzene rings is 1. The fourth-order valence-electron chi connectivity index (χ4n) is 1.85. The first-order chi connectivity index (χ1) is 7.79. The molecule has 3 nitrogen and oxygen atoms in total. The Balaban J connectivity index is 2.06. The summed E-state index contributed by atoms with van der Waals surface area (Å²) in [6, 6.07) is 6.41.